The van der Waals surface area contributed by atoms with Crippen LogP contribution in [0.2, 0.25) is 5.02 Å². The average molecular weight is 441 g/mol. The molecule has 1 saturated heterocycles. The van der Waals surface area contributed by atoms with Crippen LogP contribution in [0.4, 0.5) is 10.2 Å². The van der Waals surface area contributed by atoms with Crippen LogP contribution in [-0.4, -0.2) is 54.3 Å². The fourth-order valence-electron chi connectivity index (χ4n) is 3.64. The summed E-state index contributed by atoms with van der Waals surface area (Å²) in [5, 5.41) is 8.99. The molecule has 1 amide bonds. The Morgan fingerprint density at radius 3 is 2.48 bits per heavy atom. The minimum Gasteiger partial charge on any atom is -0.496 e. The number of methoxy groups -OCH3 is 1. The topological polar surface area (TPSA) is 58.6 Å². The van der Waals surface area contributed by atoms with Crippen molar-refractivity contribution in [1.29, 1.82) is 0 Å². The van der Waals surface area contributed by atoms with Gasteiger partial charge in [0.15, 0.2) is 5.82 Å². The van der Waals surface area contributed by atoms with Crippen LogP contribution in [0, 0.1) is 5.82 Å². The van der Waals surface area contributed by atoms with Crippen molar-refractivity contribution in [3.63, 3.8) is 0 Å². The summed E-state index contributed by atoms with van der Waals surface area (Å²) in [6.45, 7) is 2.31. The van der Waals surface area contributed by atoms with Gasteiger partial charge in [-0.1, -0.05) is 29.8 Å². The van der Waals surface area contributed by atoms with E-state index < -0.39 is 5.82 Å². The molecule has 0 saturated carbocycles. The number of para-hydroxylation sites is 1. The van der Waals surface area contributed by atoms with Gasteiger partial charge < -0.3 is 14.5 Å². The molecule has 31 heavy (non-hydrogen) atoms. The van der Waals surface area contributed by atoms with Crippen molar-refractivity contribution in [1.82, 2.24) is 15.1 Å². The monoisotopic (exact) mass is 440 g/mol. The van der Waals surface area contributed by atoms with Crippen molar-refractivity contribution in [3.8, 4) is 17.0 Å². The molecule has 0 N–H and O–H groups in total. The molecule has 0 spiro atoms. The molecule has 2 heterocycles. The van der Waals surface area contributed by atoms with Gasteiger partial charge in [-0.2, -0.15) is 0 Å². The molecule has 0 unspecified atom stereocenters. The Kier molecular flexibility index (Phi) is 6.32. The highest BCUT2D eigenvalue weighted by Crippen LogP contribution is 2.28. The first-order valence-electron chi connectivity index (χ1n) is 9.99. The Morgan fingerprint density at radius 2 is 1.81 bits per heavy atom. The third kappa shape index (κ3) is 4.61. The van der Waals surface area contributed by atoms with Crippen LogP contribution in [-0.2, 0) is 11.2 Å². The highest BCUT2D eigenvalue weighted by Gasteiger charge is 2.24. The zero-order valence-corrected chi connectivity index (χ0v) is 17.8. The van der Waals surface area contributed by atoms with Gasteiger partial charge in [-0.3, -0.25) is 4.79 Å². The number of anilines is 1. The number of amides is 1. The summed E-state index contributed by atoms with van der Waals surface area (Å²) in [5.41, 5.74) is 1.86. The highest BCUT2D eigenvalue weighted by molar-refractivity contribution is 6.31. The molecule has 0 atom stereocenters. The quantitative estimate of drug-likeness (QED) is 0.603. The predicted octanol–water partition coefficient (Wildman–Crippen LogP) is 3.84. The molecule has 0 aliphatic carbocycles. The fourth-order valence-corrected chi connectivity index (χ4v) is 3.87. The first-order chi connectivity index (χ1) is 15.1. The van der Waals surface area contributed by atoms with E-state index in [9.17, 15) is 9.18 Å². The third-order valence-corrected chi connectivity index (χ3v) is 5.73. The van der Waals surface area contributed by atoms with Gasteiger partial charge in [0.05, 0.1) is 19.2 Å². The molecular weight excluding hydrogens is 419 g/mol. The molecule has 1 aromatic heterocycles. The van der Waals surface area contributed by atoms with Crippen LogP contribution in [0.1, 0.15) is 5.56 Å². The Labute approximate surface area is 185 Å². The molecule has 2 aromatic carbocycles. The molecule has 160 valence electrons. The van der Waals surface area contributed by atoms with E-state index >= 15 is 0 Å². The van der Waals surface area contributed by atoms with Crippen LogP contribution in [0.3, 0.4) is 0 Å². The lowest BCUT2D eigenvalue weighted by Gasteiger charge is -2.35. The van der Waals surface area contributed by atoms with Crippen molar-refractivity contribution in [2.75, 3.05) is 38.2 Å². The molecule has 1 fully saturated rings. The van der Waals surface area contributed by atoms with Crippen LogP contribution in [0.5, 0.6) is 5.75 Å². The highest BCUT2D eigenvalue weighted by atomic mass is 35.5. The first-order valence-corrected chi connectivity index (χ1v) is 10.4. The standard InChI is InChI=1S/C23H22ClFN4O2/c1-31-21-8-3-2-5-16(21)20-9-10-22(27-26-20)28-11-13-29(14-12-28)23(30)15-17-18(24)6-4-7-19(17)25/h2-10H,11-15H2,1H3. The third-order valence-electron chi connectivity index (χ3n) is 5.38. The zero-order valence-electron chi connectivity index (χ0n) is 17.1. The molecule has 1 aliphatic rings. The van der Waals surface area contributed by atoms with Crippen molar-refractivity contribution in [3.05, 3.63) is 71.0 Å². The van der Waals surface area contributed by atoms with E-state index in [-0.39, 0.29) is 22.9 Å². The molecule has 0 bridgehead atoms. The summed E-state index contributed by atoms with van der Waals surface area (Å²) >= 11 is 6.05. The number of carbonyl (C=O) groups excluding carboxylic acids is 1. The molecular formula is C23H22ClFN4O2. The van der Waals surface area contributed by atoms with E-state index in [0.29, 0.717) is 26.2 Å². The van der Waals surface area contributed by atoms with E-state index in [2.05, 4.69) is 15.1 Å². The number of halogens is 2. The van der Waals surface area contributed by atoms with Gasteiger partial charge in [0, 0.05) is 42.3 Å². The van der Waals surface area contributed by atoms with Gasteiger partial charge in [-0.25, -0.2) is 4.39 Å². The van der Waals surface area contributed by atoms with Gasteiger partial charge in [0.25, 0.3) is 0 Å². The number of benzene rings is 2. The van der Waals surface area contributed by atoms with Crippen LogP contribution < -0.4 is 9.64 Å². The maximum absolute atomic E-state index is 14.0. The van der Waals surface area contributed by atoms with E-state index in [1.807, 2.05) is 36.4 Å². The van der Waals surface area contributed by atoms with E-state index in [4.69, 9.17) is 16.3 Å². The van der Waals surface area contributed by atoms with Gasteiger partial charge in [0.2, 0.25) is 5.91 Å². The molecule has 6 nitrogen and oxygen atoms in total. The van der Waals surface area contributed by atoms with Gasteiger partial charge >= 0.3 is 0 Å². The molecule has 0 radical (unpaired) electrons. The minimum atomic E-state index is -0.454. The van der Waals surface area contributed by atoms with E-state index in [0.717, 1.165) is 22.8 Å². The summed E-state index contributed by atoms with van der Waals surface area (Å²) < 4.78 is 19.4. The van der Waals surface area contributed by atoms with Crippen molar-refractivity contribution < 1.29 is 13.9 Å². The molecule has 3 aromatic rings. The zero-order chi connectivity index (χ0) is 21.8. The second-order valence-corrected chi connectivity index (χ2v) is 7.63. The summed E-state index contributed by atoms with van der Waals surface area (Å²) in [4.78, 5) is 16.4. The number of ether oxygens (including phenoxy) is 1. The molecule has 4 rings (SSSR count). The normalized spacial score (nSPS) is 13.9. The number of piperazine rings is 1. The van der Waals surface area contributed by atoms with Crippen LogP contribution in [0.15, 0.2) is 54.6 Å². The van der Waals surface area contributed by atoms with Crippen molar-refractivity contribution >= 4 is 23.3 Å². The van der Waals surface area contributed by atoms with Gasteiger partial charge in [-0.15, -0.1) is 10.2 Å². The fraction of sp³-hybridized carbons (Fsp3) is 0.261. The predicted molar refractivity (Wildman–Crippen MR) is 118 cm³/mol. The van der Waals surface area contributed by atoms with Crippen LogP contribution in [0.25, 0.3) is 11.3 Å². The Morgan fingerprint density at radius 1 is 1.03 bits per heavy atom. The van der Waals surface area contributed by atoms with Gasteiger partial charge in [-0.05, 0) is 36.4 Å². The Bertz CT molecular complexity index is 1050. The van der Waals surface area contributed by atoms with E-state index in [1.54, 1.807) is 18.1 Å². The number of rotatable bonds is 5. The number of carbonyl (C=O) groups is 1. The smallest absolute Gasteiger partial charge is 0.227 e. The second-order valence-electron chi connectivity index (χ2n) is 7.22. The SMILES string of the molecule is COc1ccccc1-c1ccc(N2CCN(C(=O)Cc3c(F)cccc3Cl)CC2)nn1. The van der Waals surface area contributed by atoms with Gasteiger partial charge in [0.1, 0.15) is 11.6 Å². The average Bonchev–Trinajstić information content (AvgIpc) is 2.81. The summed E-state index contributed by atoms with van der Waals surface area (Å²) in [6, 6.07) is 15.9. The lowest BCUT2D eigenvalue weighted by atomic mass is 10.1. The number of hydrogen-bond donors (Lipinski definition) is 0. The van der Waals surface area contributed by atoms with E-state index in [1.165, 1.54) is 12.1 Å². The maximum Gasteiger partial charge on any atom is 0.227 e. The summed E-state index contributed by atoms with van der Waals surface area (Å²) in [5.74, 6) is 0.906. The lowest BCUT2D eigenvalue weighted by molar-refractivity contribution is -0.130. The summed E-state index contributed by atoms with van der Waals surface area (Å²) in [6.07, 6.45) is -0.0427. The number of hydrogen-bond acceptors (Lipinski definition) is 5. The number of nitrogens with zero attached hydrogens (tertiary/aromatic N) is 4. The largest absolute Gasteiger partial charge is 0.496 e. The lowest BCUT2D eigenvalue weighted by Crippen LogP contribution is -2.49. The Hall–Kier alpha value is -3.19. The molecule has 8 heteroatoms. The second kappa shape index (κ2) is 9.31. The number of aromatic nitrogens is 2. The minimum absolute atomic E-state index is 0.0427. The maximum atomic E-state index is 14.0. The van der Waals surface area contributed by atoms with Crippen molar-refractivity contribution in [2.24, 2.45) is 0 Å². The van der Waals surface area contributed by atoms with Crippen LogP contribution >= 0.6 is 11.6 Å². The van der Waals surface area contributed by atoms with Crippen molar-refractivity contribution in [2.45, 2.75) is 6.42 Å². The summed E-state index contributed by atoms with van der Waals surface area (Å²) in [7, 11) is 1.63. The Balaban J connectivity index is 1.38. The first kappa shape index (κ1) is 21.1. The molecule has 1 aliphatic heterocycles.